The van der Waals surface area contributed by atoms with Crippen molar-refractivity contribution in [2.45, 2.75) is 38.7 Å². The van der Waals surface area contributed by atoms with E-state index in [1.165, 1.54) is 12.1 Å². The van der Waals surface area contributed by atoms with Crippen LogP contribution in [0.25, 0.3) is 0 Å². The smallest absolute Gasteiger partial charge is 0.276 e. The van der Waals surface area contributed by atoms with E-state index in [2.05, 4.69) is 0 Å². The van der Waals surface area contributed by atoms with Crippen LogP contribution in [-0.2, 0) is 5.92 Å². The molecule has 0 bridgehead atoms. The molecule has 0 amide bonds. The van der Waals surface area contributed by atoms with Gasteiger partial charge in [0.05, 0.1) is 6.10 Å². The van der Waals surface area contributed by atoms with E-state index in [1.54, 1.807) is 12.1 Å². The Morgan fingerprint density at radius 1 is 1.19 bits per heavy atom. The maximum atomic E-state index is 13.7. The van der Waals surface area contributed by atoms with Gasteiger partial charge in [0.15, 0.2) is 0 Å². The summed E-state index contributed by atoms with van der Waals surface area (Å²) in [4.78, 5) is 0. The molecule has 0 saturated heterocycles. The number of alkyl halides is 2. The summed E-state index contributed by atoms with van der Waals surface area (Å²) in [5.41, 5.74) is 0.103. The molecule has 0 spiro atoms. The summed E-state index contributed by atoms with van der Waals surface area (Å²) < 4.78 is 32.8. The number of rotatable bonds is 4. The zero-order valence-electron chi connectivity index (χ0n) is 9.54. The number of halogens is 2. The Morgan fingerprint density at radius 3 is 2.19 bits per heavy atom. The standard InChI is InChI=1S/C13H16F2O/c1-9(2)16-12-7-5-11(6-8-12)13(14,15)10-3-4-10/h5-10H,3-4H2,1-2H3. The van der Waals surface area contributed by atoms with Gasteiger partial charge in [-0.15, -0.1) is 0 Å². The molecule has 1 fully saturated rings. The first-order valence-electron chi connectivity index (χ1n) is 5.65. The highest BCUT2D eigenvalue weighted by atomic mass is 19.3. The average Bonchev–Trinajstić information content (AvgIpc) is 3.00. The van der Waals surface area contributed by atoms with E-state index >= 15 is 0 Å². The van der Waals surface area contributed by atoms with Crippen LogP contribution in [0, 0.1) is 5.92 Å². The lowest BCUT2D eigenvalue weighted by Gasteiger charge is -2.16. The molecule has 2 rings (SSSR count). The summed E-state index contributed by atoms with van der Waals surface area (Å²) in [5.74, 6) is -2.48. The van der Waals surface area contributed by atoms with Crippen molar-refractivity contribution in [2.75, 3.05) is 0 Å². The topological polar surface area (TPSA) is 9.23 Å². The molecule has 0 radical (unpaired) electrons. The van der Waals surface area contributed by atoms with Crippen LogP contribution in [0.5, 0.6) is 5.75 Å². The largest absolute Gasteiger partial charge is 0.491 e. The third-order valence-electron chi connectivity index (χ3n) is 2.70. The second-order valence-corrected chi connectivity index (χ2v) is 4.59. The van der Waals surface area contributed by atoms with Crippen LogP contribution < -0.4 is 4.74 Å². The van der Waals surface area contributed by atoms with E-state index in [0.29, 0.717) is 18.6 Å². The van der Waals surface area contributed by atoms with Gasteiger partial charge < -0.3 is 4.74 Å². The maximum Gasteiger partial charge on any atom is 0.276 e. The maximum absolute atomic E-state index is 13.7. The molecule has 1 aromatic rings. The molecule has 0 heterocycles. The van der Waals surface area contributed by atoms with E-state index < -0.39 is 11.8 Å². The van der Waals surface area contributed by atoms with Crippen molar-refractivity contribution in [3.63, 3.8) is 0 Å². The summed E-state index contributed by atoms with van der Waals surface area (Å²) in [5, 5.41) is 0. The van der Waals surface area contributed by atoms with E-state index in [0.717, 1.165) is 0 Å². The zero-order chi connectivity index (χ0) is 11.8. The molecular formula is C13H16F2O. The van der Waals surface area contributed by atoms with Gasteiger partial charge in [-0.25, -0.2) is 8.78 Å². The van der Waals surface area contributed by atoms with E-state index in [1.807, 2.05) is 13.8 Å². The van der Waals surface area contributed by atoms with Gasteiger partial charge in [0.2, 0.25) is 0 Å². The van der Waals surface area contributed by atoms with Crippen LogP contribution in [0.2, 0.25) is 0 Å². The van der Waals surface area contributed by atoms with Crippen LogP contribution >= 0.6 is 0 Å². The Kier molecular flexibility index (Phi) is 2.87. The van der Waals surface area contributed by atoms with Crippen molar-refractivity contribution in [2.24, 2.45) is 5.92 Å². The van der Waals surface area contributed by atoms with Crippen molar-refractivity contribution in [1.82, 2.24) is 0 Å². The normalized spacial score (nSPS) is 16.6. The lowest BCUT2D eigenvalue weighted by molar-refractivity contribution is -0.0285. The predicted octanol–water partition coefficient (Wildman–Crippen LogP) is 3.98. The average molecular weight is 226 g/mol. The Bertz CT molecular complexity index is 353. The molecule has 1 aliphatic rings. The molecule has 1 saturated carbocycles. The van der Waals surface area contributed by atoms with Gasteiger partial charge in [-0.2, -0.15) is 0 Å². The first-order chi connectivity index (χ1) is 7.50. The minimum atomic E-state index is -2.67. The third-order valence-corrected chi connectivity index (χ3v) is 2.70. The van der Waals surface area contributed by atoms with Crippen molar-refractivity contribution in [3.8, 4) is 5.75 Å². The first kappa shape index (κ1) is 11.4. The number of ether oxygens (including phenoxy) is 1. The van der Waals surface area contributed by atoms with Crippen molar-refractivity contribution in [3.05, 3.63) is 29.8 Å². The zero-order valence-corrected chi connectivity index (χ0v) is 9.54. The molecule has 1 aromatic carbocycles. The molecule has 1 nitrogen and oxygen atoms in total. The van der Waals surface area contributed by atoms with Gasteiger partial charge in [-0.3, -0.25) is 0 Å². The second-order valence-electron chi connectivity index (χ2n) is 4.59. The van der Waals surface area contributed by atoms with Crippen molar-refractivity contribution >= 4 is 0 Å². The minimum Gasteiger partial charge on any atom is -0.491 e. The Balaban J connectivity index is 2.12. The van der Waals surface area contributed by atoms with Gasteiger partial charge in [0.1, 0.15) is 5.75 Å². The summed E-state index contributed by atoms with van der Waals surface area (Å²) >= 11 is 0. The highest BCUT2D eigenvalue weighted by molar-refractivity contribution is 5.31. The predicted molar refractivity (Wildman–Crippen MR) is 58.8 cm³/mol. The first-order valence-corrected chi connectivity index (χ1v) is 5.65. The lowest BCUT2D eigenvalue weighted by Crippen LogP contribution is -2.15. The Morgan fingerprint density at radius 2 is 1.75 bits per heavy atom. The molecular weight excluding hydrogens is 210 g/mol. The highest BCUT2D eigenvalue weighted by Crippen LogP contribution is 2.49. The van der Waals surface area contributed by atoms with Crippen molar-refractivity contribution in [1.29, 1.82) is 0 Å². The minimum absolute atomic E-state index is 0.0646. The highest BCUT2D eigenvalue weighted by Gasteiger charge is 2.47. The Labute approximate surface area is 94.4 Å². The summed E-state index contributed by atoms with van der Waals surface area (Å²) in [6, 6.07) is 6.17. The number of hydrogen-bond acceptors (Lipinski definition) is 1. The molecule has 1 aliphatic carbocycles. The summed E-state index contributed by atoms with van der Waals surface area (Å²) in [6.07, 6.45) is 1.34. The Hall–Kier alpha value is -1.12. The van der Waals surface area contributed by atoms with Gasteiger partial charge in [0, 0.05) is 11.5 Å². The summed E-state index contributed by atoms with van der Waals surface area (Å²) in [6.45, 7) is 3.82. The summed E-state index contributed by atoms with van der Waals surface area (Å²) in [7, 11) is 0. The fourth-order valence-electron chi connectivity index (χ4n) is 1.71. The van der Waals surface area contributed by atoms with E-state index in [4.69, 9.17) is 4.74 Å². The van der Waals surface area contributed by atoms with Crippen LogP contribution in [0.15, 0.2) is 24.3 Å². The van der Waals surface area contributed by atoms with Crippen molar-refractivity contribution < 1.29 is 13.5 Å². The van der Waals surface area contributed by atoms with Crippen LogP contribution in [-0.4, -0.2) is 6.10 Å². The molecule has 3 heteroatoms. The molecule has 16 heavy (non-hydrogen) atoms. The lowest BCUT2D eigenvalue weighted by atomic mass is 10.0. The third kappa shape index (κ3) is 2.34. The molecule has 0 unspecified atom stereocenters. The number of hydrogen-bond donors (Lipinski definition) is 0. The SMILES string of the molecule is CC(C)Oc1ccc(C(F)(F)C2CC2)cc1. The van der Waals surface area contributed by atoms with Crippen LogP contribution in [0.4, 0.5) is 8.78 Å². The number of benzene rings is 1. The molecule has 0 N–H and O–H groups in total. The quantitative estimate of drug-likeness (QED) is 0.754. The monoisotopic (exact) mass is 226 g/mol. The van der Waals surface area contributed by atoms with Gasteiger partial charge >= 0.3 is 0 Å². The van der Waals surface area contributed by atoms with Gasteiger partial charge in [-0.1, -0.05) is 0 Å². The van der Waals surface area contributed by atoms with E-state index in [-0.39, 0.29) is 11.7 Å². The van der Waals surface area contributed by atoms with E-state index in [9.17, 15) is 8.78 Å². The fraction of sp³-hybridized carbons (Fsp3) is 0.538. The molecule has 0 aromatic heterocycles. The molecule has 88 valence electrons. The van der Waals surface area contributed by atoms with Crippen LogP contribution in [0.1, 0.15) is 32.3 Å². The second kappa shape index (κ2) is 4.04. The fourth-order valence-corrected chi connectivity index (χ4v) is 1.71. The molecule has 0 atom stereocenters. The van der Waals surface area contributed by atoms with Gasteiger partial charge in [-0.05, 0) is 51.0 Å². The molecule has 0 aliphatic heterocycles. The van der Waals surface area contributed by atoms with Gasteiger partial charge in [0.25, 0.3) is 5.92 Å². The van der Waals surface area contributed by atoms with Crippen LogP contribution in [0.3, 0.4) is 0 Å².